The number of hydrogen-bond acceptors (Lipinski definition) is 2. The summed E-state index contributed by atoms with van der Waals surface area (Å²) in [5.74, 6) is -0.654. The van der Waals surface area contributed by atoms with Crippen LogP contribution in [0.2, 0.25) is 0 Å². The molecule has 0 aromatic rings. The van der Waals surface area contributed by atoms with Crippen LogP contribution in [0.3, 0.4) is 0 Å². The summed E-state index contributed by atoms with van der Waals surface area (Å²) in [6, 6.07) is 0.227. The highest BCUT2D eigenvalue weighted by atomic mass is 16.4. The van der Waals surface area contributed by atoms with Gasteiger partial charge in [0.1, 0.15) is 0 Å². The van der Waals surface area contributed by atoms with E-state index < -0.39 is 5.97 Å². The molecule has 0 amide bonds. The van der Waals surface area contributed by atoms with Crippen molar-refractivity contribution in [1.29, 1.82) is 0 Å². The van der Waals surface area contributed by atoms with E-state index >= 15 is 0 Å². The predicted octanol–water partition coefficient (Wildman–Crippen LogP) is 3.53. The van der Waals surface area contributed by atoms with Crippen LogP contribution in [-0.2, 0) is 4.79 Å². The normalized spacial score (nSPS) is 25.0. The zero-order valence-corrected chi connectivity index (χ0v) is 12.7. The maximum Gasteiger partial charge on any atom is 0.304 e. The van der Waals surface area contributed by atoms with E-state index in [1.807, 2.05) is 0 Å². The second-order valence-corrected chi connectivity index (χ2v) is 7.98. The van der Waals surface area contributed by atoms with Gasteiger partial charge >= 0.3 is 5.97 Å². The second kappa shape index (κ2) is 5.43. The van der Waals surface area contributed by atoms with Crippen LogP contribution in [0, 0.1) is 10.8 Å². The highest BCUT2D eigenvalue weighted by Gasteiger charge is 2.46. The van der Waals surface area contributed by atoms with E-state index in [1.54, 1.807) is 0 Å². The molecule has 1 spiro atoms. The van der Waals surface area contributed by atoms with Crippen molar-refractivity contribution >= 4 is 5.97 Å². The van der Waals surface area contributed by atoms with E-state index in [-0.39, 0.29) is 11.5 Å². The molecule has 1 saturated carbocycles. The van der Waals surface area contributed by atoms with Crippen LogP contribution in [0.5, 0.6) is 0 Å². The third kappa shape index (κ3) is 3.95. The first-order valence-electron chi connectivity index (χ1n) is 7.76. The van der Waals surface area contributed by atoms with E-state index in [0.29, 0.717) is 11.8 Å². The van der Waals surface area contributed by atoms with Crippen molar-refractivity contribution in [2.45, 2.75) is 71.8 Å². The lowest BCUT2D eigenvalue weighted by atomic mass is 9.67. The summed E-state index contributed by atoms with van der Waals surface area (Å²) < 4.78 is 0. The van der Waals surface area contributed by atoms with E-state index in [2.05, 4.69) is 25.7 Å². The predicted molar refractivity (Wildman–Crippen MR) is 77.2 cm³/mol. The van der Waals surface area contributed by atoms with Gasteiger partial charge in [0.05, 0.1) is 6.42 Å². The van der Waals surface area contributed by atoms with Crippen LogP contribution in [0.25, 0.3) is 0 Å². The number of nitrogens with zero attached hydrogens (tertiary/aromatic N) is 1. The topological polar surface area (TPSA) is 40.5 Å². The average Bonchev–Trinajstić information content (AvgIpc) is 2.23. The molecule has 1 N–H and O–H groups in total. The Kier molecular flexibility index (Phi) is 4.24. The average molecular weight is 267 g/mol. The smallest absolute Gasteiger partial charge is 0.304 e. The Balaban J connectivity index is 1.91. The summed E-state index contributed by atoms with van der Waals surface area (Å²) in [6.45, 7) is 8.90. The lowest BCUT2D eigenvalue weighted by Gasteiger charge is -2.56. The largest absolute Gasteiger partial charge is 0.481 e. The third-order valence-electron chi connectivity index (χ3n) is 4.77. The molecule has 0 radical (unpaired) electrons. The molecule has 1 aliphatic heterocycles. The molecule has 1 aliphatic carbocycles. The minimum Gasteiger partial charge on any atom is -0.481 e. The molecule has 19 heavy (non-hydrogen) atoms. The van der Waals surface area contributed by atoms with Gasteiger partial charge in [0.2, 0.25) is 0 Å². The molecule has 1 heterocycles. The first-order chi connectivity index (χ1) is 8.80. The van der Waals surface area contributed by atoms with Crippen molar-refractivity contribution in [1.82, 2.24) is 4.90 Å². The summed E-state index contributed by atoms with van der Waals surface area (Å²) in [5.41, 5.74) is 0.752. The summed E-state index contributed by atoms with van der Waals surface area (Å²) in [4.78, 5) is 13.5. The van der Waals surface area contributed by atoms with E-state index in [9.17, 15) is 4.79 Å². The zero-order chi connectivity index (χ0) is 14.1. The molecule has 2 rings (SSSR count). The molecule has 110 valence electrons. The number of likely N-dealkylation sites (tertiary alicyclic amines) is 1. The fourth-order valence-electron chi connectivity index (χ4n) is 3.93. The molecule has 3 heteroatoms. The van der Waals surface area contributed by atoms with Gasteiger partial charge in [-0.2, -0.15) is 0 Å². The van der Waals surface area contributed by atoms with Gasteiger partial charge in [-0.15, -0.1) is 0 Å². The van der Waals surface area contributed by atoms with Crippen LogP contribution in [0.1, 0.15) is 65.7 Å². The lowest BCUT2D eigenvalue weighted by molar-refractivity contribution is -0.141. The first kappa shape index (κ1) is 14.8. The summed E-state index contributed by atoms with van der Waals surface area (Å²) in [5, 5.41) is 9.12. The third-order valence-corrected chi connectivity index (χ3v) is 4.77. The van der Waals surface area contributed by atoms with Crippen LogP contribution >= 0.6 is 0 Å². The monoisotopic (exact) mass is 267 g/mol. The Morgan fingerprint density at radius 3 is 2.26 bits per heavy atom. The fraction of sp³-hybridized carbons (Fsp3) is 0.938. The quantitative estimate of drug-likeness (QED) is 0.847. The molecule has 0 bridgehead atoms. The molecule has 2 fully saturated rings. The number of hydrogen-bond donors (Lipinski definition) is 1. The Hall–Kier alpha value is -0.570. The van der Waals surface area contributed by atoms with Crippen molar-refractivity contribution in [3.05, 3.63) is 0 Å². The highest BCUT2D eigenvalue weighted by molar-refractivity contribution is 5.67. The van der Waals surface area contributed by atoms with Crippen molar-refractivity contribution in [3.63, 3.8) is 0 Å². The van der Waals surface area contributed by atoms with Gasteiger partial charge in [0, 0.05) is 19.1 Å². The zero-order valence-electron chi connectivity index (χ0n) is 12.7. The molecule has 1 unspecified atom stereocenters. The standard InChI is InChI=1S/C16H29NO2/c1-15(2,3)10-13(9-14(18)19)17-11-16(12-17)7-5-4-6-8-16/h13H,4-12H2,1-3H3,(H,18,19). The number of rotatable bonds is 4. The highest BCUT2D eigenvalue weighted by Crippen LogP contribution is 2.45. The SMILES string of the molecule is CC(C)(C)CC(CC(=O)O)N1CC2(CCCCC2)C1. The molecule has 0 aromatic heterocycles. The summed E-state index contributed by atoms with van der Waals surface area (Å²) >= 11 is 0. The second-order valence-electron chi connectivity index (χ2n) is 7.98. The Labute approximate surface area is 117 Å². The number of aliphatic carboxylic acids is 1. The number of carboxylic acid groups (broad SMARTS) is 1. The van der Waals surface area contributed by atoms with Crippen LogP contribution < -0.4 is 0 Å². The molecule has 0 aromatic carbocycles. The molecule has 3 nitrogen and oxygen atoms in total. The van der Waals surface area contributed by atoms with E-state index in [0.717, 1.165) is 19.5 Å². The van der Waals surface area contributed by atoms with Gasteiger partial charge in [0.15, 0.2) is 0 Å². The summed E-state index contributed by atoms with van der Waals surface area (Å²) in [7, 11) is 0. The van der Waals surface area contributed by atoms with E-state index in [4.69, 9.17) is 5.11 Å². The Morgan fingerprint density at radius 2 is 1.79 bits per heavy atom. The minimum atomic E-state index is -0.654. The van der Waals surface area contributed by atoms with Crippen molar-refractivity contribution in [2.24, 2.45) is 10.8 Å². The number of carbonyl (C=O) groups is 1. The van der Waals surface area contributed by atoms with Crippen LogP contribution in [-0.4, -0.2) is 35.1 Å². The van der Waals surface area contributed by atoms with E-state index in [1.165, 1.54) is 32.1 Å². The van der Waals surface area contributed by atoms with Gasteiger partial charge in [-0.05, 0) is 30.1 Å². The number of carboxylic acids is 1. The fourth-order valence-corrected chi connectivity index (χ4v) is 3.93. The van der Waals surface area contributed by atoms with Crippen LogP contribution in [0.15, 0.2) is 0 Å². The molecule has 1 atom stereocenters. The van der Waals surface area contributed by atoms with Gasteiger partial charge in [0.25, 0.3) is 0 Å². The van der Waals surface area contributed by atoms with Gasteiger partial charge in [-0.25, -0.2) is 0 Å². The Morgan fingerprint density at radius 1 is 1.21 bits per heavy atom. The van der Waals surface area contributed by atoms with Crippen molar-refractivity contribution < 1.29 is 9.90 Å². The maximum atomic E-state index is 11.1. The molecule has 2 aliphatic rings. The minimum absolute atomic E-state index is 0.204. The van der Waals surface area contributed by atoms with Gasteiger partial charge in [-0.3, -0.25) is 9.69 Å². The van der Waals surface area contributed by atoms with Crippen molar-refractivity contribution in [2.75, 3.05) is 13.1 Å². The Bertz CT molecular complexity index is 318. The van der Waals surface area contributed by atoms with Crippen molar-refractivity contribution in [3.8, 4) is 0 Å². The molecular weight excluding hydrogens is 238 g/mol. The summed E-state index contributed by atoms with van der Waals surface area (Å²) in [6.07, 6.45) is 8.13. The maximum absolute atomic E-state index is 11.1. The molecule has 1 saturated heterocycles. The van der Waals surface area contributed by atoms with Gasteiger partial charge in [-0.1, -0.05) is 40.0 Å². The van der Waals surface area contributed by atoms with Crippen LogP contribution in [0.4, 0.5) is 0 Å². The van der Waals surface area contributed by atoms with Gasteiger partial charge < -0.3 is 5.11 Å². The molecular formula is C16H29NO2. The lowest BCUT2D eigenvalue weighted by Crippen LogP contribution is -2.61. The first-order valence-corrected chi connectivity index (χ1v) is 7.76.